The third-order valence-corrected chi connectivity index (χ3v) is 4.99. The van der Waals surface area contributed by atoms with Gasteiger partial charge in [0.15, 0.2) is 0 Å². The lowest BCUT2D eigenvalue weighted by Gasteiger charge is -2.40. The van der Waals surface area contributed by atoms with Crippen LogP contribution in [0.1, 0.15) is 71.6 Å². The van der Waals surface area contributed by atoms with Crippen LogP contribution in [0.25, 0.3) is 0 Å². The van der Waals surface area contributed by atoms with E-state index in [0.29, 0.717) is 5.54 Å². The number of rotatable bonds is 5. The molecule has 1 spiro atoms. The fourth-order valence-corrected chi connectivity index (χ4v) is 3.86. The maximum Gasteiger partial charge on any atom is 0.0308 e. The molecule has 0 radical (unpaired) electrons. The van der Waals surface area contributed by atoms with E-state index in [9.17, 15) is 0 Å². The first-order chi connectivity index (χ1) is 9.20. The molecule has 2 heteroatoms. The lowest BCUT2D eigenvalue weighted by atomic mass is 9.81. The molecule has 0 aromatic carbocycles. The molecule has 19 heavy (non-hydrogen) atoms. The van der Waals surface area contributed by atoms with Crippen molar-refractivity contribution < 1.29 is 0 Å². The Morgan fingerprint density at radius 2 is 1.84 bits per heavy atom. The molecule has 0 unspecified atom stereocenters. The third-order valence-electron chi connectivity index (χ3n) is 4.99. The van der Waals surface area contributed by atoms with E-state index in [4.69, 9.17) is 0 Å². The van der Waals surface area contributed by atoms with Crippen molar-refractivity contribution in [1.82, 2.24) is 10.2 Å². The summed E-state index contributed by atoms with van der Waals surface area (Å²) < 4.78 is 0. The van der Waals surface area contributed by atoms with Gasteiger partial charge in [0.25, 0.3) is 0 Å². The predicted molar refractivity (Wildman–Crippen MR) is 83.6 cm³/mol. The monoisotopic (exact) mass is 266 g/mol. The van der Waals surface area contributed by atoms with Gasteiger partial charge >= 0.3 is 0 Å². The molecule has 112 valence electrons. The van der Waals surface area contributed by atoms with Gasteiger partial charge in [-0.1, -0.05) is 46.0 Å². The maximum absolute atomic E-state index is 3.89. The second-order valence-electron chi connectivity index (χ2n) is 7.29. The number of nitrogens with zero attached hydrogens (tertiary/aromatic N) is 1. The summed E-state index contributed by atoms with van der Waals surface area (Å²) in [5, 5.41) is 3.89. The Morgan fingerprint density at radius 1 is 1.05 bits per heavy atom. The zero-order chi connectivity index (χ0) is 13.6. The summed E-state index contributed by atoms with van der Waals surface area (Å²) in [7, 11) is 0. The minimum atomic E-state index is 0.479. The van der Waals surface area contributed by atoms with Gasteiger partial charge in [0, 0.05) is 12.1 Å². The summed E-state index contributed by atoms with van der Waals surface area (Å²) in [6.07, 6.45) is 12.7. The molecule has 1 saturated heterocycles. The molecule has 2 aliphatic rings. The summed E-state index contributed by atoms with van der Waals surface area (Å²) in [5.41, 5.74) is 0.479. The molecule has 1 saturated carbocycles. The Hall–Kier alpha value is -0.0800. The van der Waals surface area contributed by atoms with Crippen LogP contribution in [0.15, 0.2) is 0 Å². The van der Waals surface area contributed by atoms with Crippen LogP contribution >= 0.6 is 0 Å². The lowest BCUT2D eigenvalue weighted by Crippen LogP contribution is -2.52. The Morgan fingerprint density at radius 3 is 2.58 bits per heavy atom. The van der Waals surface area contributed by atoms with E-state index in [1.807, 2.05) is 0 Å². The smallest absolute Gasteiger partial charge is 0.0308 e. The van der Waals surface area contributed by atoms with Gasteiger partial charge in [-0.2, -0.15) is 0 Å². The van der Waals surface area contributed by atoms with Crippen LogP contribution in [0.4, 0.5) is 0 Å². The van der Waals surface area contributed by atoms with Crippen molar-refractivity contribution in [1.29, 1.82) is 0 Å². The summed E-state index contributed by atoms with van der Waals surface area (Å²) >= 11 is 0. The first kappa shape index (κ1) is 15.3. The molecule has 0 atom stereocenters. The number of hydrogen-bond acceptors (Lipinski definition) is 2. The van der Waals surface area contributed by atoms with Gasteiger partial charge in [-0.3, -0.25) is 0 Å². The number of hydrogen-bond donors (Lipinski definition) is 1. The van der Waals surface area contributed by atoms with E-state index in [1.54, 1.807) is 0 Å². The summed E-state index contributed by atoms with van der Waals surface area (Å²) in [5.74, 6) is 0.871. The summed E-state index contributed by atoms with van der Waals surface area (Å²) in [4.78, 5) is 2.76. The first-order valence-corrected chi connectivity index (χ1v) is 8.68. The maximum atomic E-state index is 3.89. The van der Waals surface area contributed by atoms with Gasteiger partial charge in [0.05, 0.1) is 0 Å². The zero-order valence-electron chi connectivity index (χ0n) is 13.2. The summed E-state index contributed by atoms with van der Waals surface area (Å²) in [6, 6.07) is 0. The second-order valence-corrected chi connectivity index (χ2v) is 7.29. The Bertz CT molecular complexity index is 244. The van der Waals surface area contributed by atoms with Crippen LogP contribution in [-0.4, -0.2) is 36.6 Å². The van der Waals surface area contributed by atoms with Crippen molar-refractivity contribution in [2.45, 2.75) is 77.2 Å². The number of nitrogens with one attached hydrogen (secondary N) is 1. The molecule has 2 fully saturated rings. The van der Waals surface area contributed by atoms with E-state index >= 15 is 0 Å². The molecular weight excluding hydrogens is 232 g/mol. The average Bonchev–Trinajstić information content (AvgIpc) is 2.58. The van der Waals surface area contributed by atoms with Gasteiger partial charge in [0.2, 0.25) is 0 Å². The summed E-state index contributed by atoms with van der Waals surface area (Å²) in [6.45, 7) is 9.88. The highest BCUT2D eigenvalue weighted by molar-refractivity contribution is 4.95. The Labute approximate surface area is 120 Å². The highest BCUT2D eigenvalue weighted by Gasteiger charge is 2.34. The lowest BCUT2D eigenvalue weighted by molar-refractivity contribution is 0.162. The SMILES string of the molecule is CC(C)CCCCN1CCCNC2(CCCCC2)C1. The van der Waals surface area contributed by atoms with Crippen LogP contribution in [0, 0.1) is 5.92 Å². The molecule has 0 bridgehead atoms. The van der Waals surface area contributed by atoms with Crippen molar-refractivity contribution in [2.24, 2.45) is 5.92 Å². The van der Waals surface area contributed by atoms with E-state index in [0.717, 1.165) is 5.92 Å². The molecular formula is C17H34N2. The van der Waals surface area contributed by atoms with Crippen LogP contribution in [0.3, 0.4) is 0 Å². The topological polar surface area (TPSA) is 15.3 Å². The Kier molecular flexibility index (Phi) is 6.15. The van der Waals surface area contributed by atoms with Gasteiger partial charge in [-0.25, -0.2) is 0 Å². The molecule has 0 amide bonds. The van der Waals surface area contributed by atoms with E-state index in [2.05, 4.69) is 24.1 Å². The molecule has 1 aliphatic heterocycles. The van der Waals surface area contributed by atoms with Crippen molar-refractivity contribution in [3.8, 4) is 0 Å². The normalized spacial score (nSPS) is 24.8. The molecule has 0 aromatic rings. The van der Waals surface area contributed by atoms with Crippen molar-refractivity contribution >= 4 is 0 Å². The van der Waals surface area contributed by atoms with Crippen LogP contribution in [0.5, 0.6) is 0 Å². The second kappa shape index (κ2) is 7.64. The molecule has 2 nitrogen and oxygen atoms in total. The van der Waals surface area contributed by atoms with Gasteiger partial charge < -0.3 is 10.2 Å². The van der Waals surface area contributed by atoms with Crippen molar-refractivity contribution in [2.75, 3.05) is 26.2 Å². The highest BCUT2D eigenvalue weighted by Crippen LogP contribution is 2.30. The molecule has 1 heterocycles. The van der Waals surface area contributed by atoms with Crippen molar-refractivity contribution in [3.05, 3.63) is 0 Å². The molecule has 1 N–H and O–H groups in total. The highest BCUT2D eigenvalue weighted by atomic mass is 15.2. The van der Waals surface area contributed by atoms with Crippen LogP contribution in [0.2, 0.25) is 0 Å². The average molecular weight is 266 g/mol. The van der Waals surface area contributed by atoms with E-state index < -0.39 is 0 Å². The minimum absolute atomic E-state index is 0.479. The third kappa shape index (κ3) is 5.07. The van der Waals surface area contributed by atoms with Gasteiger partial charge in [-0.15, -0.1) is 0 Å². The van der Waals surface area contributed by atoms with Crippen LogP contribution < -0.4 is 5.32 Å². The molecule has 1 aliphatic carbocycles. The van der Waals surface area contributed by atoms with Crippen molar-refractivity contribution in [3.63, 3.8) is 0 Å². The molecule has 2 rings (SSSR count). The van der Waals surface area contributed by atoms with Crippen LogP contribution in [-0.2, 0) is 0 Å². The number of unbranched alkanes of at least 4 members (excludes halogenated alkanes) is 1. The van der Waals surface area contributed by atoms with Gasteiger partial charge in [0.1, 0.15) is 0 Å². The first-order valence-electron chi connectivity index (χ1n) is 8.68. The fraction of sp³-hybridized carbons (Fsp3) is 1.00. The van der Waals surface area contributed by atoms with E-state index in [1.165, 1.54) is 84.0 Å². The zero-order valence-corrected chi connectivity index (χ0v) is 13.2. The fourth-order valence-electron chi connectivity index (χ4n) is 3.86. The van der Waals surface area contributed by atoms with Gasteiger partial charge in [-0.05, 0) is 51.2 Å². The quantitative estimate of drug-likeness (QED) is 0.761. The van der Waals surface area contributed by atoms with E-state index in [-0.39, 0.29) is 0 Å². The largest absolute Gasteiger partial charge is 0.310 e. The standard InChI is InChI=1S/C17H34N2/c1-16(2)9-4-7-13-19-14-8-12-18-17(15-19)10-5-3-6-11-17/h16,18H,3-15H2,1-2H3. The predicted octanol–water partition coefficient (Wildman–Crippen LogP) is 3.81. The molecule has 0 aromatic heterocycles. The minimum Gasteiger partial charge on any atom is -0.310 e. The Balaban J connectivity index is 1.76.